The largest absolute Gasteiger partial charge is 0.384 e. The number of nitrogens with two attached hydrogens (primary N) is 1. The van der Waals surface area contributed by atoms with E-state index in [0.717, 1.165) is 4.90 Å². The third-order valence-electron chi connectivity index (χ3n) is 1.05. The topological polar surface area (TPSA) is 42.1 Å². The van der Waals surface area contributed by atoms with Crippen LogP contribution in [-0.4, -0.2) is 23.4 Å². The fourth-order valence-corrected chi connectivity index (χ4v) is 1.31. The number of aromatic nitrogens is 1. The predicted molar refractivity (Wildman–Crippen MR) is 48.2 cm³/mol. The van der Waals surface area contributed by atoms with E-state index in [1.165, 1.54) is 0 Å². The van der Waals surface area contributed by atoms with Crippen molar-refractivity contribution in [1.82, 2.24) is 9.29 Å². The van der Waals surface area contributed by atoms with E-state index in [2.05, 4.69) is 4.98 Å². The zero-order chi connectivity index (χ0) is 8.27. The van der Waals surface area contributed by atoms with Gasteiger partial charge < -0.3 is 5.73 Å². The van der Waals surface area contributed by atoms with Crippen LogP contribution >= 0.6 is 11.9 Å². The number of hydrogen-bond donors (Lipinski definition) is 1. The van der Waals surface area contributed by atoms with E-state index in [1.807, 2.05) is 24.5 Å². The van der Waals surface area contributed by atoms with Crippen LogP contribution in [0, 0.1) is 0 Å². The van der Waals surface area contributed by atoms with Crippen LogP contribution in [0.5, 0.6) is 0 Å². The van der Waals surface area contributed by atoms with Gasteiger partial charge in [-0.2, -0.15) is 0 Å². The van der Waals surface area contributed by atoms with Gasteiger partial charge in [-0.25, -0.2) is 4.98 Å². The monoisotopic (exact) mass is 169 g/mol. The minimum Gasteiger partial charge on any atom is -0.384 e. The molecule has 0 aromatic carbocycles. The first-order valence-corrected chi connectivity index (χ1v) is 4.02. The van der Waals surface area contributed by atoms with Crippen molar-refractivity contribution < 1.29 is 0 Å². The molecule has 0 amide bonds. The first-order valence-electron chi connectivity index (χ1n) is 3.25. The van der Waals surface area contributed by atoms with Gasteiger partial charge in [-0.15, -0.1) is 0 Å². The van der Waals surface area contributed by atoms with Gasteiger partial charge in [0.1, 0.15) is 5.82 Å². The summed E-state index contributed by atoms with van der Waals surface area (Å²) in [5, 5.41) is 0. The Labute approximate surface area is 70.7 Å². The molecule has 11 heavy (non-hydrogen) atoms. The molecule has 1 aromatic heterocycles. The highest BCUT2D eigenvalue weighted by Crippen LogP contribution is 2.18. The zero-order valence-corrected chi connectivity index (χ0v) is 7.43. The lowest BCUT2D eigenvalue weighted by Crippen LogP contribution is -1.99. The molecule has 0 unspecified atom stereocenters. The van der Waals surface area contributed by atoms with Crippen LogP contribution in [-0.2, 0) is 0 Å². The number of pyridine rings is 1. The minimum absolute atomic E-state index is 0.563. The average Bonchev–Trinajstić information content (AvgIpc) is 1.93. The average molecular weight is 169 g/mol. The lowest BCUT2D eigenvalue weighted by molar-refractivity contribution is 0.702. The van der Waals surface area contributed by atoms with Crippen LogP contribution in [0.25, 0.3) is 0 Å². The van der Waals surface area contributed by atoms with Crippen molar-refractivity contribution in [3.63, 3.8) is 0 Å². The first-order chi connectivity index (χ1) is 5.18. The highest BCUT2D eigenvalue weighted by molar-refractivity contribution is 7.97. The molecule has 1 aromatic rings. The van der Waals surface area contributed by atoms with Gasteiger partial charge in [-0.05, 0) is 38.2 Å². The molecule has 1 rings (SSSR count). The smallest absolute Gasteiger partial charge is 0.123 e. The maximum atomic E-state index is 5.42. The number of nitrogen functional groups attached to an aromatic ring is 1. The molecule has 0 fully saturated rings. The zero-order valence-electron chi connectivity index (χ0n) is 6.61. The summed E-state index contributed by atoms with van der Waals surface area (Å²) < 4.78 is 2.01. The molecule has 0 aliphatic carbocycles. The Balaban J connectivity index is 2.66. The molecule has 0 radical (unpaired) electrons. The van der Waals surface area contributed by atoms with E-state index in [1.54, 1.807) is 24.2 Å². The van der Waals surface area contributed by atoms with E-state index in [4.69, 9.17) is 5.73 Å². The van der Waals surface area contributed by atoms with Crippen molar-refractivity contribution >= 4 is 17.8 Å². The summed E-state index contributed by atoms with van der Waals surface area (Å²) in [6, 6.07) is 3.75. The second kappa shape index (κ2) is 3.59. The van der Waals surface area contributed by atoms with Crippen molar-refractivity contribution in [3.8, 4) is 0 Å². The Kier molecular flexibility index (Phi) is 2.73. The molecule has 3 nitrogen and oxygen atoms in total. The van der Waals surface area contributed by atoms with Crippen LogP contribution in [0.2, 0.25) is 0 Å². The SMILES string of the molecule is CN(C)Sc1ccc(N)nc1. The second-order valence-corrected chi connectivity index (χ2v) is 3.71. The molecule has 0 bridgehead atoms. The minimum atomic E-state index is 0.563. The summed E-state index contributed by atoms with van der Waals surface area (Å²) in [7, 11) is 3.97. The van der Waals surface area contributed by atoms with Gasteiger partial charge >= 0.3 is 0 Å². The van der Waals surface area contributed by atoms with Crippen molar-refractivity contribution in [2.24, 2.45) is 0 Å². The summed E-state index contributed by atoms with van der Waals surface area (Å²) in [5.41, 5.74) is 5.42. The lowest BCUT2D eigenvalue weighted by Gasteiger charge is -2.06. The van der Waals surface area contributed by atoms with Crippen LogP contribution in [0.15, 0.2) is 23.2 Å². The Bertz CT molecular complexity index is 220. The van der Waals surface area contributed by atoms with Crippen molar-refractivity contribution in [1.29, 1.82) is 0 Å². The summed E-state index contributed by atoms with van der Waals surface area (Å²) in [6.07, 6.45) is 1.76. The van der Waals surface area contributed by atoms with E-state index < -0.39 is 0 Å². The van der Waals surface area contributed by atoms with Gasteiger partial charge in [-0.1, -0.05) is 0 Å². The van der Waals surface area contributed by atoms with Gasteiger partial charge in [-0.3, -0.25) is 4.31 Å². The van der Waals surface area contributed by atoms with E-state index in [0.29, 0.717) is 5.82 Å². The molecule has 60 valence electrons. The molecular formula is C7H11N3S. The normalized spacial score (nSPS) is 10.5. The third kappa shape index (κ3) is 2.78. The van der Waals surface area contributed by atoms with Gasteiger partial charge in [0.05, 0.1) is 0 Å². The van der Waals surface area contributed by atoms with E-state index in [9.17, 15) is 0 Å². The maximum absolute atomic E-state index is 5.42. The molecule has 0 saturated heterocycles. The number of hydrogen-bond acceptors (Lipinski definition) is 4. The lowest BCUT2D eigenvalue weighted by atomic mass is 10.5. The fraction of sp³-hybridized carbons (Fsp3) is 0.286. The molecule has 0 atom stereocenters. The van der Waals surface area contributed by atoms with Crippen LogP contribution in [0.3, 0.4) is 0 Å². The van der Waals surface area contributed by atoms with Crippen molar-refractivity contribution in [3.05, 3.63) is 18.3 Å². The van der Waals surface area contributed by atoms with Crippen LogP contribution < -0.4 is 5.73 Å². The van der Waals surface area contributed by atoms with Crippen LogP contribution in [0.1, 0.15) is 0 Å². The second-order valence-electron chi connectivity index (χ2n) is 2.32. The van der Waals surface area contributed by atoms with E-state index in [-0.39, 0.29) is 0 Å². The Hall–Kier alpha value is -0.740. The quantitative estimate of drug-likeness (QED) is 0.676. The Morgan fingerprint density at radius 3 is 2.64 bits per heavy atom. The van der Waals surface area contributed by atoms with Crippen molar-refractivity contribution in [2.75, 3.05) is 19.8 Å². The number of nitrogens with zero attached hydrogens (tertiary/aromatic N) is 2. The summed E-state index contributed by atoms with van der Waals surface area (Å²) in [5.74, 6) is 0.563. The third-order valence-corrected chi connectivity index (χ3v) is 1.86. The molecule has 0 spiro atoms. The standard InChI is InChI=1S/C7H11N3S/c1-10(2)11-6-3-4-7(8)9-5-6/h3-5H,1-2H3,(H2,8,9). The van der Waals surface area contributed by atoms with Crippen LogP contribution in [0.4, 0.5) is 5.82 Å². The first kappa shape index (κ1) is 8.36. The summed E-state index contributed by atoms with van der Waals surface area (Å²) in [6.45, 7) is 0. The maximum Gasteiger partial charge on any atom is 0.123 e. The molecule has 4 heteroatoms. The Morgan fingerprint density at radius 1 is 1.45 bits per heavy atom. The van der Waals surface area contributed by atoms with Gasteiger partial charge in [0.25, 0.3) is 0 Å². The van der Waals surface area contributed by atoms with Gasteiger partial charge in [0.15, 0.2) is 0 Å². The highest BCUT2D eigenvalue weighted by Gasteiger charge is 1.94. The van der Waals surface area contributed by atoms with E-state index >= 15 is 0 Å². The van der Waals surface area contributed by atoms with Gasteiger partial charge in [0, 0.05) is 11.1 Å². The molecule has 0 aliphatic rings. The summed E-state index contributed by atoms with van der Waals surface area (Å²) >= 11 is 1.62. The molecule has 2 N–H and O–H groups in total. The fourth-order valence-electron chi connectivity index (χ4n) is 0.657. The molecule has 0 saturated carbocycles. The summed E-state index contributed by atoms with van der Waals surface area (Å²) in [4.78, 5) is 5.06. The highest BCUT2D eigenvalue weighted by atomic mass is 32.2. The molecule has 1 heterocycles. The molecular weight excluding hydrogens is 158 g/mol. The Morgan fingerprint density at radius 2 is 2.18 bits per heavy atom. The van der Waals surface area contributed by atoms with Crippen molar-refractivity contribution in [2.45, 2.75) is 4.90 Å². The number of anilines is 1. The number of rotatable bonds is 2. The predicted octanol–water partition coefficient (Wildman–Crippen LogP) is 1.23. The van der Waals surface area contributed by atoms with Gasteiger partial charge in [0.2, 0.25) is 0 Å². The molecule has 0 aliphatic heterocycles.